The summed E-state index contributed by atoms with van der Waals surface area (Å²) in [5.41, 5.74) is 1.93. The van der Waals surface area contributed by atoms with Crippen molar-refractivity contribution < 1.29 is 19.2 Å². The molecular formula is C29H34N4O4. The highest BCUT2D eigenvalue weighted by atomic mass is 16.2. The number of hydrogen-bond donors (Lipinski definition) is 2. The van der Waals surface area contributed by atoms with Gasteiger partial charge in [0, 0.05) is 32.0 Å². The zero-order valence-corrected chi connectivity index (χ0v) is 21.0. The molecule has 3 fully saturated rings. The molecule has 194 valence electrons. The SMILES string of the molecule is O=C1C[C@H](Cc2ccccc2)NC(=O)[C@H]2CCCN2C(=O)[C@H]2CCCN2C(=O)[C@H](Cc2ccccc2)N1. The molecule has 0 aromatic heterocycles. The molecular weight excluding hydrogens is 468 g/mol. The maximum Gasteiger partial charge on any atom is 0.246 e. The molecule has 0 bridgehead atoms. The van der Waals surface area contributed by atoms with Crippen LogP contribution in [0, 0.1) is 0 Å². The highest BCUT2D eigenvalue weighted by Gasteiger charge is 2.44. The lowest BCUT2D eigenvalue weighted by Crippen LogP contribution is -2.56. The van der Waals surface area contributed by atoms with Crippen molar-refractivity contribution in [3.63, 3.8) is 0 Å². The second kappa shape index (κ2) is 11.2. The molecule has 4 atom stereocenters. The van der Waals surface area contributed by atoms with Crippen LogP contribution >= 0.6 is 0 Å². The van der Waals surface area contributed by atoms with Gasteiger partial charge in [0.05, 0.1) is 0 Å². The van der Waals surface area contributed by atoms with Gasteiger partial charge in [-0.15, -0.1) is 0 Å². The topological polar surface area (TPSA) is 98.8 Å². The molecule has 3 aliphatic heterocycles. The van der Waals surface area contributed by atoms with Crippen molar-refractivity contribution in [3.05, 3.63) is 71.8 Å². The number of amides is 4. The van der Waals surface area contributed by atoms with Gasteiger partial charge >= 0.3 is 0 Å². The van der Waals surface area contributed by atoms with E-state index in [0.717, 1.165) is 24.0 Å². The Morgan fingerprint density at radius 3 is 1.89 bits per heavy atom. The first-order valence-electron chi connectivity index (χ1n) is 13.3. The van der Waals surface area contributed by atoms with Crippen LogP contribution in [-0.2, 0) is 32.0 Å². The Balaban J connectivity index is 1.46. The quantitative estimate of drug-likeness (QED) is 0.667. The molecule has 8 heteroatoms. The number of rotatable bonds is 4. The number of carbonyl (C=O) groups excluding carboxylic acids is 4. The van der Waals surface area contributed by atoms with Crippen molar-refractivity contribution >= 4 is 23.6 Å². The summed E-state index contributed by atoms with van der Waals surface area (Å²) in [5.74, 6) is -0.912. The molecule has 0 spiro atoms. The minimum Gasteiger partial charge on any atom is -0.351 e. The van der Waals surface area contributed by atoms with Crippen LogP contribution < -0.4 is 10.6 Å². The highest BCUT2D eigenvalue weighted by molar-refractivity contribution is 5.95. The van der Waals surface area contributed by atoms with Gasteiger partial charge in [-0.3, -0.25) is 19.2 Å². The van der Waals surface area contributed by atoms with Crippen LogP contribution in [0.5, 0.6) is 0 Å². The molecule has 2 aromatic carbocycles. The number of nitrogens with zero attached hydrogens (tertiary/aromatic N) is 2. The average Bonchev–Trinajstić information content (AvgIpc) is 3.59. The number of benzene rings is 2. The fraction of sp³-hybridized carbons (Fsp3) is 0.448. The van der Waals surface area contributed by atoms with Crippen molar-refractivity contribution in [2.75, 3.05) is 13.1 Å². The minimum absolute atomic E-state index is 0.0449. The molecule has 0 radical (unpaired) electrons. The van der Waals surface area contributed by atoms with Gasteiger partial charge in [-0.1, -0.05) is 60.7 Å². The summed E-state index contributed by atoms with van der Waals surface area (Å²) < 4.78 is 0. The largest absolute Gasteiger partial charge is 0.351 e. The van der Waals surface area contributed by atoms with Crippen molar-refractivity contribution in [2.45, 2.75) is 69.1 Å². The third-order valence-corrected chi connectivity index (χ3v) is 7.68. The molecule has 5 rings (SSSR count). The van der Waals surface area contributed by atoms with Crippen molar-refractivity contribution in [2.24, 2.45) is 0 Å². The molecule has 0 aliphatic carbocycles. The summed E-state index contributed by atoms with van der Waals surface area (Å²) in [6.45, 7) is 0.973. The molecule has 3 saturated heterocycles. The molecule has 2 aromatic rings. The van der Waals surface area contributed by atoms with E-state index < -0.39 is 24.2 Å². The van der Waals surface area contributed by atoms with E-state index in [1.54, 1.807) is 9.80 Å². The zero-order chi connectivity index (χ0) is 25.8. The van der Waals surface area contributed by atoms with E-state index in [1.165, 1.54) is 0 Å². The second-order valence-electron chi connectivity index (χ2n) is 10.3. The van der Waals surface area contributed by atoms with Crippen molar-refractivity contribution in [3.8, 4) is 0 Å². The van der Waals surface area contributed by atoms with Crippen LogP contribution in [0.3, 0.4) is 0 Å². The maximum atomic E-state index is 13.8. The summed E-state index contributed by atoms with van der Waals surface area (Å²) in [6, 6.07) is 16.9. The summed E-state index contributed by atoms with van der Waals surface area (Å²) in [4.78, 5) is 57.5. The van der Waals surface area contributed by atoms with E-state index in [1.807, 2.05) is 60.7 Å². The van der Waals surface area contributed by atoms with Crippen LogP contribution in [0.15, 0.2) is 60.7 Å². The van der Waals surface area contributed by atoms with E-state index in [0.29, 0.717) is 38.8 Å². The lowest BCUT2D eigenvalue weighted by atomic mass is 10.0. The van der Waals surface area contributed by atoms with Gasteiger partial charge in [0.15, 0.2) is 0 Å². The van der Waals surface area contributed by atoms with Crippen LogP contribution in [-0.4, -0.2) is 70.7 Å². The molecule has 2 N–H and O–H groups in total. The smallest absolute Gasteiger partial charge is 0.246 e. The predicted octanol–water partition coefficient (Wildman–Crippen LogP) is 1.83. The fourth-order valence-electron chi connectivity index (χ4n) is 5.88. The van der Waals surface area contributed by atoms with E-state index in [-0.39, 0.29) is 30.0 Å². The number of nitrogens with one attached hydrogen (secondary N) is 2. The zero-order valence-electron chi connectivity index (χ0n) is 21.0. The third kappa shape index (κ3) is 5.68. The summed E-state index contributed by atoms with van der Waals surface area (Å²) in [6.07, 6.45) is 3.47. The molecule has 37 heavy (non-hydrogen) atoms. The number of hydrogen-bond acceptors (Lipinski definition) is 4. The van der Waals surface area contributed by atoms with Crippen molar-refractivity contribution in [1.82, 2.24) is 20.4 Å². The summed E-state index contributed by atoms with van der Waals surface area (Å²) >= 11 is 0. The van der Waals surface area contributed by atoms with Gasteiger partial charge in [-0.2, -0.15) is 0 Å². The minimum atomic E-state index is -0.786. The highest BCUT2D eigenvalue weighted by Crippen LogP contribution is 2.26. The van der Waals surface area contributed by atoms with Gasteiger partial charge in [-0.05, 0) is 43.2 Å². The fourth-order valence-corrected chi connectivity index (χ4v) is 5.88. The summed E-state index contributed by atoms with van der Waals surface area (Å²) in [7, 11) is 0. The second-order valence-corrected chi connectivity index (χ2v) is 10.3. The number of fused-ring (bicyclic) bond motifs is 2. The Bertz CT molecular complexity index is 1140. The van der Waals surface area contributed by atoms with Crippen LogP contribution in [0.1, 0.15) is 43.2 Å². The first kappa shape index (κ1) is 25.0. The molecule has 0 unspecified atom stereocenters. The molecule has 3 heterocycles. The van der Waals surface area contributed by atoms with Gasteiger partial charge < -0.3 is 20.4 Å². The van der Waals surface area contributed by atoms with Crippen molar-refractivity contribution in [1.29, 1.82) is 0 Å². The Kier molecular flexibility index (Phi) is 7.53. The lowest BCUT2D eigenvalue weighted by molar-refractivity contribution is -0.147. The predicted molar refractivity (Wildman–Crippen MR) is 138 cm³/mol. The first-order valence-corrected chi connectivity index (χ1v) is 13.3. The molecule has 8 nitrogen and oxygen atoms in total. The average molecular weight is 503 g/mol. The third-order valence-electron chi connectivity index (χ3n) is 7.68. The van der Waals surface area contributed by atoms with E-state index >= 15 is 0 Å². The number of carbonyl (C=O) groups is 4. The van der Waals surface area contributed by atoms with E-state index in [4.69, 9.17) is 0 Å². The Morgan fingerprint density at radius 2 is 1.24 bits per heavy atom. The van der Waals surface area contributed by atoms with E-state index in [9.17, 15) is 19.2 Å². The van der Waals surface area contributed by atoms with Gasteiger partial charge in [0.1, 0.15) is 18.1 Å². The van der Waals surface area contributed by atoms with Gasteiger partial charge in [0.2, 0.25) is 23.6 Å². The molecule has 4 amide bonds. The first-order chi connectivity index (χ1) is 18.0. The van der Waals surface area contributed by atoms with Gasteiger partial charge in [0.25, 0.3) is 0 Å². The van der Waals surface area contributed by atoms with Crippen LogP contribution in [0.2, 0.25) is 0 Å². The van der Waals surface area contributed by atoms with Gasteiger partial charge in [-0.25, -0.2) is 0 Å². The summed E-state index contributed by atoms with van der Waals surface area (Å²) in [5, 5.41) is 6.02. The Labute approximate surface area is 217 Å². The standard InChI is InChI=1S/C29H34N4O4/c34-26-19-22(17-20-9-3-1-4-10-20)30-27(35)24-13-7-15-32(24)29(37)25-14-8-16-33(25)28(36)23(31-26)18-21-11-5-2-6-12-21/h1-6,9-12,22-25H,7-8,13-19H2,(H,30,35)(H,31,34)/t22-,23-,24+,25+/m0/s1. The Morgan fingerprint density at radius 1 is 0.676 bits per heavy atom. The maximum absolute atomic E-state index is 13.8. The normalized spacial score (nSPS) is 26.9. The van der Waals surface area contributed by atoms with Crippen LogP contribution in [0.4, 0.5) is 0 Å². The van der Waals surface area contributed by atoms with E-state index in [2.05, 4.69) is 10.6 Å². The Hall–Kier alpha value is -3.68. The lowest BCUT2D eigenvalue weighted by Gasteiger charge is -2.32. The monoisotopic (exact) mass is 502 g/mol. The van der Waals surface area contributed by atoms with Crippen LogP contribution in [0.25, 0.3) is 0 Å². The molecule has 0 saturated carbocycles. The molecule has 3 aliphatic rings.